The van der Waals surface area contributed by atoms with Gasteiger partial charge in [-0.2, -0.15) is 35.0 Å². The van der Waals surface area contributed by atoms with Crippen molar-refractivity contribution >= 4 is 107 Å². The van der Waals surface area contributed by atoms with E-state index < -0.39 is 108 Å². The van der Waals surface area contributed by atoms with Crippen LogP contribution in [0.15, 0.2) is 119 Å². The number of alkyl carbamates (subject to hydrolysis) is 1. The van der Waals surface area contributed by atoms with Crippen molar-refractivity contribution in [2.45, 2.75) is 101 Å². The molecule has 4 aliphatic rings. The zero-order valence-corrected chi connectivity index (χ0v) is 55.2. The molecular formula is C57H69N9O23P3S2+. The van der Waals surface area contributed by atoms with Crippen molar-refractivity contribution in [3.8, 4) is 5.75 Å². The number of allylic oxidation sites excluding steroid dienone is 8. The highest BCUT2D eigenvalue weighted by molar-refractivity contribution is 7.86. The Hall–Kier alpha value is -7.33. The number of imidazole rings is 1. The van der Waals surface area contributed by atoms with E-state index in [-0.39, 0.29) is 68.0 Å². The van der Waals surface area contributed by atoms with E-state index in [1.165, 1.54) is 18.2 Å². The Balaban J connectivity index is 0.904. The average Bonchev–Trinajstić information content (AvgIpc) is 1.41. The lowest BCUT2D eigenvalue weighted by atomic mass is 9.75. The second-order valence-electron chi connectivity index (χ2n) is 22.8. The van der Waals surface area contributed by atoms with E-state index in [9.17, 15) is 68.9 Å². The van der Waals surface area contributed by atoms with Crippen molar-refractivity contribution in [2.24, 2.45) is 0 Å². The van der Waals surface area contributed by atoms with Gasteiger partial charge in [-0.25, -0.2) is 23.5 Å². The predicted molar refractivity (Wildman–Crippen MR) is 340 cm³/mol. The number of hydrogen-bond donors (Lipinski definition) is 11. The van der Waals surface area contributed by atoms with Crippen molar-refractivity contribution in [3.05, 3.63) is 142 Å². The van der Waals surface area contributed by atoms with Crippen LogP contribution < -0.4 is 31.6 Å². The van der Waals surface area contributed by atoms with Gasteiger partial charge in [0, 0.05) is 78.6 Å². The largest absolute Gasteiger partial charge is 0.490 e. The van der Waals surface area contributed by atoms with E-state index in [1.54, 1.807) is 29.7 Å². The Labute approximate surface area is 538 Å². The average molecular weight is 1410 g/mol. The summed E-state index contributed by atoms with van der Waals surface area (Å²) in [7, 11) is -26.7. The molecule has 6 heterocycles. The molecule has 5 aromatic rings. The topological polar surface area (TPSA) is 471 Å². The second kappa shape index (κ2) is 27.8. The summed E-state index contributed by atoms with van der Waals surface area (Å²) in [5, 5.41) is 16.5. The Morgan fingerprint density at radius 2 is 1.65 bits per heavy atom. The molecule has 3 unspecified atom stereocenters. The number of nitrogen functional groups attached to an aromatic ring is 1. The predicted octanol–water partition coefficient (Wildman–Crippen LogP) is 5.92. The fraction of sp³-hybridized carbons (Fsp3) is 0.368. The van der Waals surface area contributed by atoms with Gasteiger partial charge in [0.15, 0.2) is 29.2 Å². The number of benzene rings is 3. The second-order valence-corrected chi connectivity index (χ2v) is 30.2. The smallest absolute Gasteiger partial charge is 0.456 e. The fourth-order valence-corrected chi connectivity index (χ4v) is 15.8. The number of phosphoric ester groups is 1. The maximum absolute atomic E-state index is 13.5. The minimum Gasteiger partial charge on any atom is -0.456 e. The number of fused-ring (bicyclic) bond motifs is 4. The molecule has 2 aromatic heterocycles. The summed E-state index contributed by atoms with van der Waals surface area (Å²) in [5.74, 6) is -0.199. The number of H-pyrrole nitrogens is 1. The minimum absolute atomic E-state index is 0.0265. The van der Waals surface area contributed by atoms with Gasteiger partial charge < -0.3 is 60.2 Å². The van der Waals surface area contributed by atoms with Crippen LogP contribution in [-0.2, 0) is 66.8 Å². The summed E-state index contributed by atoms with van der Waals surface area (Å²) in [6.45, 7) is 9.36. The number of ether oxygens (including phenoxy) is 3. The monoisotopic (exact) mass is 1400 g/mol. The van der Waals surface area contributed by atoms with E-state index in [0.717, 1.165) is 51.0 Å². The SMILES string of the molecule is CCN1c2cc3c(cc2C(C)=CC1(C)C)C(=CC=CC=CC1=[N+](CCCS(=O)(=O)O)c2ccc(S(=O)(=O)O)cc2C1(C)CCCC(=O)NCCNC(=O)O[C@H]1[C@@H](O)[C@H](n2cnc4c(=O)[nH]c(N)nc42)O[C@@H]1COP(=O)(O)OP(=O)(O)OP(=O)(O)O)C=C(c1ccccc1)O3. The van der Waals surface area contributed by atoms with Crippen molar-refractivity contribution in [3.63, 3.8) is 0 Å². The van der Waals surface area contributed by atoms with Crippen LogP contribution in [0.2, 0.25) is 0 Å². The molecule has 506 valence electrons. The highest BCUT2D eigenvalue weighted by Crippen LogP contribution is 2.66. The van der Waals surface area contributed by atoms with Crippen LogP contribution in [0, 0.1) is 0 Å². The molecule has 37 heteroatoms. The first kappa shape index (κ1) is 71.0. The van der Waals surface area contributed by atoms with Gasteiger partial charge in [0.25, 0.3) is 25.8 Å². The van der Waals surface area contributed by atoms with Crippen molar-refractivity contribution < 1.29 is 106 Å². The van der Waals surface area contributed by atoms with E-state index in [0.29, 0.717) is 28.5 Å². The normalized spacial score (nSPS) is 22.1. The number of phosphoric acid groups is 3. The summed E-state index contributed by atoms with van der Waals surface area (Å²) >= 11 is 0. The quantitative estimate of drug-likeness (QED) is 0.0101. The fourth-order valence-electron chi connectivity index (χ4n) is 11.8. The van der Waals surface area contributed by atoms with Crippen LogP contribution in [0.25, 0.3) is 28.1 Å². The third-order valence-corrected chi connectivity index (χ3v) is 21.2. The summed E-state index contributed by atoms with van der Waals surface area (Å²) in [5.41, 5.74) is 10.3. The van der Waals surface area contributed by atoms with Crippen LogP contribution in [0.1, 0.15) is 88.8 Å². The molecule has 0 aliphatic carbocycles. The van der Waals surface area contributed by atoms with Gasteiger partial charge >= 0.3 is 29.6 Å². The molecular weight excluding hydrogens is 1340 g/mol. The van der Waals surface area contributed by atoms with Crippen LogP contribution in [-0.4, -0.2) is 155 Å². The molecule has 0 radical (unpaired) electrons. The zero-order valence-electron chi connectivity index (χ0n) is 50.9. The minimum atomic E-state index is -5.98. The third-order valence-electron chi connectivity index (χ3n) is 15.7. The molecule has 1 fully saturated rings. The number of likely N-dealkylation sites (N-methyl/N-ethyl adjacent to an activating group) is 1. The Morgan fingerprint density at radius 3 is 2.34 bits per heavy atom. The number of aliphatic hydroxyl groups is 1. The number of carbonyl (C=O) groups is 2. The van der Waals surface area contributed by atoms with Gasteiger partial charge in [0.05, 0.1) is 34.5 Å². The molecule has 0 spiro atoms. The van der Waals surface area contributed by atoms with Crippen LogP contribution >= 0.6 is 23.5 Å². The lowest BCUT2D eigenvalue weighted by Crippen LogP contribution is -2.44. The molecule has 0 bridgehead atoms. The maximum Gasteiger partial charge on any atom is 0.490 e. The van der Waals surface area contributed by atoms with Crippen molar-refractivity contribution in [1.82, 2.24) is 30.2 Å². The number of aliphatic hydroxyl groups excluding tert-OH is 1. The summed E-state index contributed by atoms with van der Waals surface area (Å²) in [6.07, 6.45) is 5.87. The number of aromatic nitrogens is 4. The van der Waals surface area contributed by atoms with E-state index >= 15 is 0 Å². The molecule has 3 aromatic carbocycles. The van der Waals surface area contributed by atoms with Gasteiger partial charge in [0.2, 0.25) is 17.5 Å². The lowest BCUT2D eigenvalue weighted by Gasteiger charge is -2.43. The molecule has 1 saturated heterocycles. The summed E-state index contributed by atoms with van der Waals surface area (Å²) in [4.78, 5) is 88.9. The number of amides is 2. The third kappa shape index (κ3) is 16.7. The molecule has 32 nitrogen and oxygen atoms in total. The lowest BCUT2D eigenvalue weighted by molar-refractivity contribution is -0.437. The number of nitrogens with two attached hydrogens (primary N) is 1. The first-order chi connectivity index (χ1) is 44.0. The number of nitrogens with zero attached hydrogens (tertiary/aromatic N) is 5. The van der Waals surface area contributed by atoms with E-state index in [2.05, 4.69) is 85.0 Å². The summed E-state index contributed by atoms with van der Waals surface area (Å²) < 4.78 is 138. The molecule has 0 saturated carbocycles. The van der Waals surface area contributed by atoms with Gasteiger partial charge in [0.1, 0.15) is 30.3 Å². The highest BCUT2D eigenvalue weighted by atomic mass is 32.2. The number of nitrogens with one attached hydrogen (secondary N) is 3. The van der Waals surface area contributed by atoms with Gasteiger partial charge in [-0.3, -0.25) is 32.8 Å². The highest BCUT2D eigenvalue weighted by Gasteiger charge is 2.51. The van der Waals surface area contributed by atoms with Crippen molar-refractivity contribution in [1.29, 1.82) is 0 Å². The van der Waals surface area contributed by atoms with Crippen LogP contribution in [0.3, 0.4) is 0 Å². The number of aromatic amines is 1. The first-order valence-corrected chi connectivity index (χ1v) is 36.5. The van der Waals surface area contributed by atoms with E-state index in [1.807, 2.05) is 48.6 Å². The number of anilines is 2. The molecule has 9 rings (SSSR count). The Morgan fingerprint density at radius 1 is 0.926 bits per heavy atom. The standard InChI is InChI=1S/C57H68N9O23P3S2/c1-6-66-42-30-44-39(29-38(42)34(2)31-56(66,3)4)36(27-43(85-44)35-15-9-7-10-16-35)17-11-8-12-18-46-57(5,40-28-37(94(81,82)83)20-21-41(40)64(46)25-14-26-93(78,79)80)22-13-19-47(67)59-23-24-60-55(70)87-50-45(32-84-91(74,75)89-92(76,77)88-90(71,72)73)86-53(49(50)68)65-33-61-48-51(65)62-54(58)63-52(48)69/h7-12,15-18,20-21,27-31,33,45,49-50,53,68H,6,13-14,19,22-26,32H2,1-5H3,(H10-,58,59,60,62,63,67,69,70,71,72,73,74,75,76,77,78,79,80,81,82,83)/p+1/t45-,49-,50-,53-,57?/m1/s1. The molecule has 2 amide bonds. The molecule has 4 aliphatic heterocycles. The zero-order chi connectivity index (χ0) is 68.5. The van der Waals surface area contributed by atoms with Gasteiger partial charge in [-0.15, -0.1) is 0 Å². The van der Waals surface area contributed by atoms with Gasteiger partial charge in [-0.1, -0.05) is 60.7 Å². The van der Waals surface area contributed by atoms with Crippen LogP contribution in [0.4, 0.5) is 22.1 Å². The number of rotatable bonds is 26. The van der Waals surface area contributed by atoms with Crippen LogP contribution in [0.5, 0.6) is 5.75 Å². The first-order valence-electron chi connectivity index (χ1n) is 28.9. The van der Waals surface area contributed by atoms with Crippen molar-refractivity contribution in [2.75, 3.05) is 49.2 Å². The molecule has 94 heavy (non-hydrogen) atoms. The van der Waals surface area contributed by atoms with E-state index in [4.69, 9.17) is 34.3 Å². The number of hydrogen-bond acceptors (Lipinski definition) is 21. The Bertz CT molecular complexity index is 4450. The molecule has 7 atom stereocenters. The Kier molecular flexibility index (Phi) is 21.0. The number of carbonyl (C=O) groups excluding carboxylic acids is 2. The summed E-state index contributed by atoms with van der Waals surface area (Å²) in [6, 6.07) is 17.9. The maximum atomic E-state index is 13.5. The molecule has 12 N–H and O–H groups in total. The van der Waals surface area contributed by atoms with Gasteiger partial charge in [-0.05, 0) is 82.9 Å².